The molecule has 36 heavy (non-hydrogen) atoms. The predicted octanol–water partition coefficient (Wildman–Crippen LogP) is 3.37. The lowest BCUT2D eigenvalue weighted by Gasteiger charge is -2.31. The van der Waals surface area contributed by atoms with Gasteiger partial charge in [0.2, 0.25) is 0 Å². The molecule has 1 amide bonds. The molecule has 1 aliphatic heterocycles. The first-order valence-electron chi connectivity index (χ1n) is 13.1. The van der Waals surface area contributed by atoms with Gasteiger partial charge in [-0.15, -0.1) is 0 Å². The average molecular weight is 491 g/mol. The number of aryl methyl sites for hydroxylation is 1. The molecule has 6 rings (SSSR count). The first kappa shape index (κ1) is 23.2. The summed E-state index contributed by atoms with van der Waals surface area (Å²) in [5.41, 5.74) is 4.31. The van der Waals surface area contributed by atoms with Gasteiger partial charge in [-0.25, -0.2) is 4.98 Å². The number of benzene rings is 1. The summed E-state index contributed by atoms with van der Waals surface area (Å²) in [6.07, 6.45) is 7.37. The minimum absolute atomic E-state index is 0.00455. The molecule has 9 nitrogen and oxygen atoms in total. The number of amides is 1. The molecule has 4 N–H and O–H groups in total. The van der Waals surface area contributed by atoms with E-state index in [1.807, 2.05) is 41.9 Å². The smallest absolute Gasteiger partial charge is 0.251 e. The van der Waals surface area contributed by atoms with Crippen LogP contribution in [0.2, 0.25) is 0 Å². The van der Waals surface area contributed by atoms with E-state index in [-0.39, 0.29) is 12.0 Å². The molecule has 0 unspecified atom stereocenters. The maximum Gasteiger partial charge on any atom is 0.251 e. The fraction of sp³-hybridized carbons (Fsp3) is 0.519. The average Bonchev–Trinajstić information content (AvgIpc) is 3.56. The van der Waals surface area contributed by atoms with Gasteiger partial charge in [0.1, 0.15) is 11.6 Å². The van der Waals surface area contributed by atoms with Crippen LogP contribution in [0.1, 0.15) is 54.4 Å². The van der Waals surface area contributed by atoms with Crippen LogP contribution in [-0.2, 0) is 4.74 Å². The Hall–Kier alpha value is -3.17. The largest absolute Gasteiger partial charge is 0.393 e. The Morgan fingerprint density at radius 1 is 1.14 bits per heavy atom. The van der Waals surface area contributed by atoms with Crippen molar-refractivity contribution in [3.05, 3.63) is 41.6 Å². The van der Waals surface area contributed by atoms with E-state index < -0.39 is 0 Å². The van der Waals surface area contributed by atoms with Crippen molar-refractivity contribution in [1.29, 1.82) is 0 Å². The van der Waals surface area contributed by atoms with Crippen molar-refractivity contribution in [2.24, 2.45) is 5.92 Å². The maximum absolute atomic E-state index is 12.6. The molecular weight excluding hydrogens is 456 g/mol. The number of aromatic nitrogens is 3. The number of anilines is 2. The van der Waals surface area contributed by atoms with E-state index in [1.54, 1.807) is 0 Å². The Bertz CT molecular complexity index is 1260. The summed E-state index contributed by atoms with van der Waals surface area (Å²) < 4.78 is 7.36. The van der Waals surface area contributed by atoms with Gasteiger partial charge in [0.25, 0.3) is 5.91 Å². The lowest BCUT2D eigenvalue weighted by molar-refractivity contribution is 0.0486. The van der Waals surface area contributed by atoms with E-state index in [1.165, 1.54) is 0 Å². The zero-order valence-corrected chi connectivity index (χ0v) is 20.7. The number of ether oxygens (including phenoxy) is 1. The van der Waals surface area contributed by atoms with Crippen molar-refractivity contribution in [2.45, 2.75) is 63.6 Å². The molecule has 2 aromatic heterocycles. The fourth-order valence-corrected chi connectivity index (χ4v) is 5.11. The molecule has 1 aromatic carbocycles. The molecule has 1 saturated heterocycles. The van der Waals surface area contributed by atoms with Gasteiger partial charge in [-0.2, -0.15) is 9.61 Å². The second-order valence-corrected chi connectivity index (χ2v) is 10.5. The number of nitrogens with one attached hydrogen (secondary N) is 3. The topological polar surface area (TPSA) is 113 Å². The lowest BCUT2D eigenvalue weighted by Crippen LogP contribution is -2.33. The Balaban J connectivity index is 1.31. The van der Waals surface area contributed by atoms with Gasteiger partial charge in [0, 0.05) is 49.0 Å². The number of nitrogens with zero attached hydrogens (tertiary/aromatic N) is 3. The van der Waals surface area contributed by atoms with Crippen LogP contribution in [0.4, 0.5) is 11.6 Å². The highest BCUT2D eigenvalue weighted by Crippen LogP contribution is 2.31. The quantitative estimate of drug-likeness (QED) is 0.383. The van der Waals surface area contributed by atoms with E-state index in [2.05, 4.69) is 21.0 Å². The van der Waals surface area contributed by atoms with Gasteiger partial charge < -0.3 is 25.8 Å². The van der Waals surface area contributed by atoms with E-state index >= 15 is 0 Å². The number of fused-ring (bicyclic) bond motifs is 1. The zero-order valence-electron chi connectivity index (χ0n) is 20.7. The Morgan fingerprint density at radius 3 is 2.67 bits per heavy atom. The SMILES string of the molecule is Cc1cc(-c2cnn3c(NC[C@H]4C[C@@H](O)C4)cc(NC4CCOCC4)nc23)ccc1C(=O)NC1CC1. The normalized spacial score (nSPS) is 22.3. The number of rotatable bonds is 8. The van der Waals surface area contributed by atoms with Crippen molar-refractivity contribution >= 4 is 23.2 Å². The number of aliphatic hydroxyl groups excluding tert-OH is 1. The monoisotopic (exact) mass is 490 g/mol. The van der Waals surface area contributed by atoms with Crippen LogP contribution in [0.15, 0.2) is 30.5 Å². The van der Waals surface area contributed by atoms with Crippen molar-refractivity contribution in [2.75, 3.05) is 30.4 Å². The van der Waals surface area contributed by atoms with Crippen molar-refractivity contribution in [3.63, 3.8) is 0 Å². The van der Waals surface area contributed by atoms with Crippen molar-refractivity contribution < 1.29 is 14.6 Å². The van der Waals surface area contributed by atoms with Gasteiger partial charge in [-0.3, -0.25) is 4.79 Å². The predicted molar refractivity (Wildman–Crippen MR) is 138 cm³/mol. The van der Waals surface area contributed by atoms with Crippen molar-refractivity contribution in [1.82, 2.24) is 19.9 Å². The summed E-state index contributed by atoms with van der Waals surface area (Å²) in [4.78, 5) is 17.6. The fourth-order valence-electron chi connectivity index (χ4n) is 5.11. The standard InChI is InChI=1S/C27H34N6O3/c1-16-10-18(2-5-22(16)27(35)31-19-3-4-19)23-15-29-33-25(28-14-17-11-21(34)12-17)13-24(32-26(23)33)30-20-6-8-36-9-7-20/h2,5,10,13,15,17,19-21,28,34H,3-4,6-9,11-12,14H2,1H3,(H,30,32)(H,31,35)/t17-,21+. The van der Waals surface area contributed by atoms with Crippen LogP contribution in [-0.4, -0.2) is 63.6 Å². The number of carbonyl (C=O) groups is 1. The number of hydrogen-bond donors (Lipinski definition) is 4. The van der Waals surface area contributed by atoms with Crippen LogP contribution < -0.4 is 16.0 Å². The first-order valence-corrected chi connectivity index (χ1v) is 13.1. The van der Waals surface area contributed by atoms with Gasteiger partial charge >= 0.3 is 0 Å². The van der Waals surface area contributed by atoms with E-state index in [0.717, 1.165) is 92.3 Å². The van der Waals surface area contributed by atoms with E-state index in [4.69, 9.17) is 9.72 Å². The zero-order chi connectivity index (χ0) is 24.6. The summed E-state index contributed by atoms with van der Waals surface area (Å²) in [5.74, 6) is 2.14. The maximum atomic E-state index is 12.6. The second kappa shape index (κ2) is 9.71. The summed E-state index contributed by atoms with van der Waals surface area (Å²) in [6.45, 7) is 4.27. The highest BCUT2D eigenvalue weighted by molar-refractivity contribution is 5.97. The summed E-state index contributed by atoms with van der Waals surface area (Å²) in [6, 6.07) is 8.59. The molecule has 3 aromatic rings. The van der Waals surface area contributed by atoms with Crippen LogP contribution in [0.25, 0.3) is 16.8 Å². The van der Waals surface area contributed by atoms with E-state index in [9.17, 15) is 9.90 Å². The molecule has 3 aliphatic rings. The van der Waals surface area contributed by atoms with Crippen LogP contribution in [0.3, 0.4) is 0 Å². The third-order valence-corrected chi connectivity index (χ3v) is 7.52. The van der Waals surface area contributed by atoms with Crippen molar-refractivity contribution in [3.8, 4) is 11.1 Å². The molecule has 3 heterocycles. The third-order valence-electron chi connectivity index (χ3n) is 7.52. The first-order chi connectivity index (χ1) is 17.5. The minimum atomic E-state index is -0.172. The molecule has 0 bridgehead atoms. The third kappa shape index (κ3) is 4.90. The number of aliphatic hydroxyl groups is 1. The minimum Gasteiger partial charge on any atom is -0.393 e. The Kier molecular flexibility index (Phi) is 6.27. The van der Waals surface area contributed by atoms with Gasteiger partial charge in [0.15, 0.2) is 5.65 Å². The molecular formula is C27H34N6O3. The van der Waals surface area contributed by atoms with Gasteiger partial charge in [-0.1, -0.05) is 12.1 Å². The van der Waals surface area contributed by atoms with E-state index in [0.29, 0.717) is 23.6 Å². The van der Waals surface area contributed by atoms with Crippen LogP contribution in [0, 0.1) is 12.8 Å². The van der Waals surface area contributed by atoms with Crippen LogP contribution in [0.5, 0.6) is 0 Å². The molecule has 9 heteroatoms. The van der Waals surface area contributed by atoms with Gasteiger partial charge in [0.05, 0.1) is 12.3 Å². The molecule has 3 fully saturated rings. The Labute approximate surface area is 210 Å². The number of carbonyl (C=O) groups excluding carboxylic acids is 1. The summed E-state index contributed by atoms with van der Waals surface area (Å²) in [7, 11) is 0. The van der Waals surface area contributed by atoms with Crippen LogP contribution >= 0.6 is 0 Å². The highest BCUT2D eigenvalue weighted by atomic mass is 16.5. The van der Waals surface area contributed by atoms with Gasteiger partial charge in [-0.05, 0) is 68.6 Å². The molecule has 2 saturated carbocycles. The lowest BCUT2D eigenvalue weighted by atomic mass is 9.82. The molecule has 0 radical (unpaired) electrons. The Morgan fingerprint density at radius 2 is 1.94 bits per heavy atom. The molecule has 0 spiro atoms. The molecule has 2 aliphatic carbocycles. The summed E-state index contributed by atoms with van der Waals surface area (Å²) in [5, 5.41) is 24.6. The highest BCUT2D eigenvalue weighted by Gasteiger charge is 2.27. The molecule has 190 valence electrons. The molecule has 0 atom stereocenters. The second-order valence-electron chi connectivity index (χ2n) is 10.5. The number of hydrogen-bond acceptors (Lipinski definition) is 7. The summed E-state index contributed by atoms with van der Waals surface area (Å²) >= 11 is 0.